The molecule has 7 heteroatoms. The quantitative estimate of drug-likeness (QED) is 0.326. The van der Waals surface area contributed by atoms with E-state index in [2.05, 4.69) is 21.7 Å². The zero-order valence-electron chi connectivity index (χ0n) is 18.3. The van der Waals surface area contributed by atoms with Gasteiger partial charge in [0, 0.05) is 35.2 Å². The minimum Gasteiger partial charge on any atom is -0.326 e. The zero-order valence-corrected chi connectivity index (χ0v) is 19.1. The molecular weight excluding hydrogens is 442 g/mol. The van der Waals surface area contributed by atoms with Crippen LogP contribution in [-0.2, 0) is 11.3 Å². The summed E-state index contributed by atoms with van der Waals surface area (Å²) in [5.41, 5.74) is 6.69. The summed E-state index contributed by atoms with van der Waals surface area (Å²) in [7, 11) is 0. The van der Waals surface area contributed by atoms with Gasteiger partial charge in [0.15, 0.2) is 0 Å². The number of imidazole rings is 1. The molecule has 0 atom stereocenters. The molecule has 0 bridgehead atoms. The standard InChI is InChI=1S/C27H21N5OS/c33-26-11-5-7-19-6-1-4-10-24(19)32(26)16-25-29-23(17-34-25)18-12-14-20(15-13-18)28-27-30-21-8-2-3-9-22(21)31-27/h1-4,6,8-10,12-15,17H,5,11,16H2,(H2,28,30,31). The Hall–Kier alpha value is -3.97. The van der Waals surface area contributed by atoms with E-state index in [4.69, 9.17) is 4.98 Å². The maximum absolute atomic E-state index is 12.8. The lowest BCUT2D eigenvalue weighted by Crippen LogP contribution is -2.29. The summed E-state index contributed by atoms with van der Waals surface area (Å²) in [6.07, 6.45) is 4.45. The van der Waals surface area contributed by atoms with Crippen molar-refractivity contribution in [2.75, 3.05) is 10.2 Å². The van der Waals surface area contributed by atoms with E-state index in [1.54, 1.807) is 11.3 Å². The number of hydrogen-bond acceptors (Lipinski definition) is 5. The van der Waals surface area contributed by atoms with Gasteiger partial charge in [-0.15, -0.1) is 11.3 Å². The van der Waals surface area contributed by atoms with Crippen molar-refractivity contribution in [1.82, 2.24) is 15.0 Å². The molecule has 6 nitrogen and oxygen atoms in total. The molecule has 0 spiro atoms. The fourth-order valence-electron chi connectivity index (χ4n) is 4.13. The maximum atomic E-state index is 12.8. The fraction of sp³-hybridized carbons (Fsp3) is 0.111. The largest absolute Gasteiger partial charge is 0.326 e. The number of hydrogen-bond donors (Lipinski definition) is 2. The Labute approximate surface area is 201 Å². The van der Waals surface area contributed by atoms with E-state index < -0.39 is 0 Å². The van der Waals surface area contributed by atoms with Crippen LogP contribution in [-0.4, -0.2) is 20.9 Å². The first-order valence-electron chi connectivity index (χ1n) is 11.1. The van der Waals surface area contributed by atoms with Gasteiger partial charge >= 0.3 is 0 Å². The molecule has 0 unspecified atom stereocenters. The van der Waals surface area contributed by atoms with Crippen molar-refractivity contribution in [3.63, 3.8) is 0 Å². The van der Waals surface area contributed by atoms with Crippen molar-refractivity contribution < 1.29 is 4.79 Å². The van der Waals surface area contributed by atoms with Crippen LogP contribution in [0.1, 0.15) is 23.4 Å². The third-order valence-electron chi connectivity index (χ3n) is 5.83. The number of amides is 1. The summed E-state index contributed by atoms with van der Waals surface area (Å²) in [6.45, 7) is 0.466. The first-order chi connectivity index (χ1) is 16.7. The van der Waals surface area contributed by atoms with Crippen LogP contribution >= 0.6 is 11.3 Å². The number of anilines is 3. The number of carbonyl (C=O) groups excluding carboxylic acids is 1. The number of aromatic nitrogens is 3. The van der Waals surface area contributed by atoms with Crippen LogP contribution < -0.4 is 10.2 Å². The second-order valence-corrected chi connectivity index (χ2v) is 9.05. The Bertz CT molecular complexity index is 1440. The second kappa shape index (κ2) is 8.76. The molecule has 3 aromatic carbocycles. The Morgan fingerprint density at radius 2 is 1.82 bits per heavy atom. The Balaban J connectivity index is 1.18. The Morgan fingerprint density at radius 3 is 2.71 bits per heavy atom. The van der Waals surface area contributed by atoms with E-state index >= 15 is 0 Å². The van der Waals surface area contributed by atoms with E-state index in [9.17, 15) is 4.79 Å². The summed E-state index contributed by atoms with van der Waals surface area (Å²) >= 11 is 1.57. The normalized spacial score (nSPS) is 13.6. The number of carbonyl (C=O) groups is 1. The summed E-state index contributed by atoms with van der Waals surface area (Å²) in [5, 5.41) is 6.27. The molecule has 5 aromatic rings. The van der Waals surface area contributed by atoms with Crippen molar-refractivity contribution >= 4 is 45.6 Å². The van der Waals surface area contributed by atoms with Crippen LogP contribution in [0.15, 0.2) is 78.2 Å². The lowest BCUT2D eigenvalue weighted by atomic mass is 10.1. The van der Waals surface area contributed by atoms with Gasteiger partial charge in [-0.1, -0.05) is 42.5 Å². The van der Waals surface area contributed by atoms with Gasteiger partial charge in [0.25, 0.3) is 0 Å². The first kappa shape index (κ1) is 20.6. The van der Waals surface area contributed by atoms with Crippen molar-refractivity contribution in [3.8, 4) is 11.3 Å². The van der Waals surface area contributed by atoms with E-state index in [-0.39, 0.29) is 5.91 Å². The highest BCUT2D eigenvalue weighted by molar-refractivity contribution is 7.10. The van der Waals surface area contributed by atoms with Crippen molar-refractivity contribution in [1.29, 1.82) is 0 Å². The number of benzene rings is 3. The zero-order chi connectivity index (χ0) is 22.9. The summed E-state index contributed by atoms with van der Waals surface area (Å²) in [6, 6.07) is 24.0. The van der Waals surface area contributed by atoms with Crippen LogP contribution in [0, 0.1) is 6.42 Å². The number of thiazole rings is 1. The average Bonchev–Trinajstić information content (AvgIpc) is 3.46. The molecule has 2 aromatic heterocycles. The first-order valence-corrected chi connectivity index (χ1v) is 12.0. The molecule has 3 heterocycles. The molecule has 0 fully saturated rings. The van der Waals surface area contributed by atoms with Crippen LogP contribution in [0.25, 0.3) is 22.3 Å². The predicted molar refractivity (Wildman–Crippen MR) is 136 cm³/mol. The van der Waals surface area contributed by atoms with Gasteiger partial charge in [-0.25, -0.2) is 9.97 Å². The molecular formula is C27H21N5OS. The third kappa shape index (κ3) is 4.06. The monoisotopic (exact) mass is 463 g/mol. The molecule has 6 rings (SSSR count). The average molecular weight is 464 g/mol. The van der Waals surface area contributed by atoms with E-state index in [1.165, 1.54) is 0 Å². The molecule has 0 saturated heterocycles. The molecule has 2 radical (unpaired) electrons. The molecule has 2 N–H and O–H groups in total. The number of H-pyrrole nitrogens is 1. The van der Waals surface area contributed by atoms with Crippen LogP contribution in [0.4, 0.5) is 17.3 Å². The lowest BCUT2D eigenvalue weighted by Gasteiger charge is -2.21. The number of nitrogens with zero attached hydrogens (tertiary/aromatic N) is 3. The van der Waals surface area contributed by atoms with Crippen LogP contribution in [0.2, 0.25) is 0 Å². The molecule has 0 saturated carbocycles. The topological polar surface area (TPSA) is 73.9 Å². The molecule has 1 aliphatic rings. The van der Waals surface area contributed by atoms with Gasteiger partial charge in [-0.3, -0.25) is 4.79 Å². The predicted octanol–water partition coefficient (Wildman–Crippen LogP) is 6.19. The Kier molecular flexibility index (Phi) is 5.31. The third-order valence-corrected chi connectivity index (χ3v) is 6.66. The molecule has 1 aliphatic heterocycles. The van der Waals surface area contributed by atoms with E-state index in [0.717, 1.165) is 44.2 Å². The Morgan fingerprint density at radius 1 is 1.00 bits per heavy atom. The van der Waals surface area contributed by atoms with Gasteiger partial charge in [-0.05, 0) is 42.3 Å². The van der Waals surface area contributed by atoms with Crippen molar-refractivity contribution in [2.24, 2.45) is 0 Å². The molecule has 34 heavy (non-hydrogen) atoms. The van der Waals surface area contributed by atoms with E-state index in [1.807, 2.05) is 83.1 Å². The fourth-order valence-corrected chi connectivity index (χ4v) is 4.92. The summed E-state index contributed by atoms with van der Waals surface area (Å²) in [4.78, 5) is 27.2. The van der Waals surface area contributed by atoms with Crippen LogP contribution in [0.3, 0.4) is 0 Å². The van der Waals surface area contributed by atoms with Crippen LogP contribution in [0.5, 0.6) is 0 Å². The van der Waals surface area contributed by atoms with Gasteiger partial charge in [0.05, 0.1) is 23.3 Å². The number of para-hydroxylation sites is 3. The highest BCUT2D eigenvalue weighted by atomic mass is 32.1. The van der Waals surface area contributed by atoms with E-state index in [0.29, 0.717) is 25.3 Å². The van der Waals surface area contributed by atoms with Gasteiger partial charge < -0.3 is 15.2 Å². The van der Waals surface area contributed by atoms with Gasteiger partial charge in [0.1, 0.15) is 5.01 Å². The number of fused-ring (bicyclic) bond motifs is 2. The highest BCUT2D eigenvalue weighted by Gasteiger charge is 2.23. The maximum Gasteiger partial charge on any atom is 0.227 e. The molecule has 0 aliphatic carbocycles. The lowest BCUT2D eigenvalue weighted by molar-refractivity contribution is -0.118. The number of aromatic amines is 1. The van der Waals surface area contributed by atoms with Crippen molar-refractivity contribution in [3.05, 3.63) is 95.2 Å². The molecule has 1 amide bonds. The number of rotatable bonds is 5. The van der Waals surface area contributed by atoms with Crippen molar-refractivity contribution in [2.45, 2.75) is 19.4 Å². The number of nitrogens with one attached hydrogen (secondary N) is 2. The molecule has 166 valence electrons. The minimum absolute atomic E-state index is 0.107. The van der Waals surface area contributed by atoms with Gasteiger partial charge in [0.2, 0.25) is 11.9 Å². The smallest absolute Gasteiger partial charge is 0.227 e. The minimum atomic E-state index is 0.107. The summed E-state index contributed by atoms with van der Waals surface area (Å²) < 4.78 is 0. The SMILES string of the molecule is O=C1CC[C]c2ccccc2N1Cc1nc(-c2ccc(Nc3nc4ccccc4[nH]3)cc2)cs1. The van der Waals surface area contributed by atoms with Gasteiger partial charge in [-0.2, -0.15) is 0 Å². The second-order valence-electron chi connectivity index (χ2n) is 8.11. The summed E-state index contributed by atoms with van der Waals surface area (Å²) in [5.74, 6) is 0.817. The highest BCUT2D eigenvalue weighted by Crippen LogP contribution is 2.31.